The van der Waals surface area contributed by atoms with Gasteiger partial charge in [0.2, 0.25) is 0 Å². The summed E-state index contributed by atoms with van der Waals surface area (Å²) in [6.45, 7) is 4.20. The molecule has 1 atom stereocenters. The fourth-order valence-corrected chi connectivity index (χ4v) is 5.12. The second-order valence-electron chi connectivity index (χ2n) is 6.90. The number of rotatable bonds is 5. The Morgan fingerprint density at radius 1 is 1.18 bits per heavy atom. The quantitative estimate of drug-likeness (QED) is 0.421. The summed E-state index contributed by atoms with van der Waals surface area (Å²) in [5, 5.41) is 1.17. The Hall–Kier alpha value is -2.24. The summed E-state index contributed by atoms with van der Waals surface area (Å²) in [6, 6.07) is 18.3. The predicted molar refractivity (Wildman–Crippen MR) is 120 cm³/mol. The lowest BCUT2D eigenvalue weighted by Crippen LogP contribution is -2.23. The van der Waals surface area contributed by atoms with Gasteiger partial charge in [-0.25, -0.2) is 4.98 Å². The topological polar surface area (TPSA) is 34.9 Å². The highest BCUT2D eigenvalue weighted by Crippen LogP contribution is 2.34. The monoisotopic (exact) mass is 406 g/mol. The van der Waals surface area contributed by atoms with Gasteiger partial charge in [-0.05, 0) is 24.6 Å². The first-order valence-electron chi connectivity index (χ1n) is 9.36. The van der Waals surface area contributed by atoms with E-state index in [-0.39, 0.29) is 5.56 Å². The Morgan fingerprint density at radius 2 is 1.93 bits per heavy atom. The fraction of sp³-hybridized carbons (Fsp3) is 0.217. The molecule has 0 radical (unpaired) electrons. The molecule has 4 rings (SSSR count). The lowest BCUT2D eigenvalue weighted by molar-refractivity contribution is 0.731. The molecular formula is C23H22N2OS2. The number of hydrogen-bond acceptors (Lipinski definition) is 4. The number of benzene rings is 2. The summed E-state index contributed by atoms with van der Waals surface area (Å²) < 4.78 is 1.77. The standard InChI is InChI=1S/C23H22N2OS2/c1-16-10-12-19(13-11-16)25-22(26)21-20(15-17(2)28-21)24-23(25)27-14-6-9-18-7-4-3-5-8-18/h3-13,17H,14-15H2,1-2H3. The molecule has 0 spiro atoms. The molecule has 2 heterocycles. The maximum atomic E-state index is 13.2. The van der Waals surface area contributed by atoms with E-state index in [9.17, 15) is 4.79 Å². The number of aryl methyl sites for hydroxylation is 1. The molecule has 1 aliphatic heterocycles. The maximum Gasteiger partial charge on any atom is 0.272 e. The van der Waals surface area contributed by atoms with E-state index in [4.69, 9.17) is 4.98 Å². The Kier molecular flexibility index (Phi) is 5.74. The summed E-state index contributed by atoms with van der Waals surface area (Å²) in [5.74, 6) is 0.759. The van der Waals surface area contributed by atoms with Crippen LogP contribution in [0.1, 0.15) is 23.7 Å². The number of fused-ring (bicyclic) bond motifs is 1. The van der Waals surface area contributed by atoms with E-state index in [0.717, 1.165) is 33.6 Å². The van der Waals surface area contributed by atoms with Gasteiger partial charge in [-0.2, -0.15) is 0 Å². The van der Waals surface area contributed by atoms with Crippen molar-refractivity contribution >= 4 is 29.6 Å². The molecule has 28 heavy (non-hydrogen) atoms. The zero-order valence-electron chi connectivity index (χ0n) is 16.0. The third-order valence-corrected chi connectivity index (χ3v) is 6.70. The van der Waals surface area contributed by atoms with E-state index < -0.39 is 0 Å². The summed E-state index contributed by atoms with van der Waals surface area (Å²) >= 11 is 3.25. The first-order valence-corrected chi connectivity index (χ1v) is 11.2. The molecule has 1 aromatic heterocycles. The summed E-state index contributed by atoms with van der Waals surface area (Å²) in [4.78, 5) is 18.9. The van der Waals surface area contributed by atoms with Crippen LogP contribution >= 0.6 is 23.5 Å². The van der Waals surface area contributed by atoms with Crippen LogP contribution in [0.4, 0.5) is 0 Å². The number of aromatic nitrogens is 2. The molecule has 0 bridgehead atoms. The highest BCUT2D eigenvalue weighted by molar-refractivity contribution is 8.00. The van der Waals surface area contributed by atoms with E-state index in [0.29, 0.717) is 5.25 Å². The van der Waals surface area contributed by atoms with Crippen LogP contribution in [0.25, 0.3) is 11.8 Å². The molecule has 0 saturated heterocycles. The van der Waals surface area contributed by atoms with Crippen LogP contribution < -0.4 is 5.56 Å². The third-order valence-electron chi connectivity index (χ3n) is 4.59. The van der Waals surface area contributed by atoms with Crippen molar-refractivity contribution in [2.75, 3.05) is 5.75 Å². The van der Waals surface area contributed by atoms with Crippen molar-refractivity contribution in [3.8, 4) is 5.69 Å². The molecule has 0 fully saturated rings. The van der Waals surface area contributed by atoms with Crippen LogP contribution in [0.3, 0.4) is 0 Å². The van der Waals surface area contributed by atoms with Gasteiger partial charge in [0.25, 0.3) is 5.56 Å². The lowest BCUT2D eigenvalue weighted by Gasteiger charge is -2.13. The Labute approximate surface area is 173 Å². The number of thioether (sulfide) groups is 2. The van der Waals surface area contributed by atoms with Gasteiger partial charge >= 0.3 is 0 Å². The van der Waals surface area contributed by atoms with Crippen molar-refractivity contribution in [2.45, 2.75) is 35.6 Å². The SMILES string of the molecule is Cc1ccc(-n2c(SCC=Cc3ccccc3)nc3c(c2=O)SC(C)C3)cc1. The van der Waals surface area contributed by atoms with Crippen LogP contribution in [-0.2, 0) is 6.42 Å². The maximum absolute atomic E-state index is 13.2. The molecule has 0 aliphatic carbocycles. The zero-order valence-corrected chi connectivity index (χ0v) is 17.6. The molecule has 142 valence electrons. The van der Waals surface area contributed by atoms with E-state index >= 15 is 0 Å². The highest BCUT2D eigenvalue weighted by atomic mass is 32.2. The van der Waals surface area contributed by atoms with Crippen LogP contribution in [0, 0.1) is 6.92 Å². The van der Waals surface area contributed by atoms with Gasteiger partial charge in [-0.1, -0.05) is 78.9 Å². The van der Waals surface area contributed by atoms with Gasteiger partial charge in [0, 0.05) is 17.4 Å². The first kappa shape index (κ1) is 19.1. The van der Waals surface area contributed by atoms with Crippen molar-refractivity contribution < 1.29 is 0 Å². The van der Waals surface area contributed by atoms with Crippen LogP contribution in [-0.4, -0.2) is 20.6 Å². The highest BCUT2D eigenvalue weighted by Gasteiger charge is 2.26. The van der Waals surface area contributed by atoms with E-state index in [1.807, 2.05) is 42.5 Å². The summed E-state index contributed by atoms with van der Waals surface area (Å²) in [6.07, 6.45) is 5.08. The third kappa shape index (κ3) is 4.10. The Morgan fingerprint density at radius 3 is 2.68 bits per heavy atom. The van der Waals surface area contributed by atoms with Gasteiger partial charge in [0.05, 0.1) is 16.3 Å². The molecule has 3 aromatic rings. The second kappa shape index (κ2) is 8.41. The minimum Gasteiger partial charge on any atom is -0.268 e. The molecule has 2 aromatic carbocycles. The van der Waals surface area contributed by atoms with Gasteiger partial charge in [-0.15, -0.1) is 11.8 Å². The number of nitrogens with zero attached hydrogens (tertiary/aromatic N) is 2. The average Bonchev–Trinajstić information content (AvgIpc) is 3.08. The normalized spacial score (nSPS) is 15.9. The lowest BCUT2D eigenvalue weighted by atomic mass is 10.2. The van der Waals surface area contributed by atoms with Gasteiger partial charge in [-0.3, -0.25) is 9.36 Å². The predicted octanol–water partition coefficient (Wildman–Crippen LogP) is 5.38. The van der Waals surface area contributed by atoms with Crippen molar-refractivity contribution in [3.63, 3.8) is 0 Å². The molecule has 3 nitrogen and oxygen atoms in total. The fourth-order valence-electron chi connectivity index (χ4n) is 3.19. The summed E-state index contributed by atoms with van der Waals surface area (Å²) in [7, 11) is 0. The minimum atomic E-state index is 0.0535. The van der Waals surface area contributed by atoms with Gasteiger partial charge < -0.3 is 0 Å². The number of hydrogen-bond donors (Lipinski definition) is 0. The van der Waals surface area contributed by atoms with Crippen molar-refractivity contribution in [3.05, 3.63) is 87.8 Å². The van der Waals surface area contributed by atoms with Crippen molar-refractivity contribution in [2.24, 2.45) is 0 Å². The van der Waals surface area contributed by atoms with E-state index in [1.54, 1.807) is 28.1 Å². The minimum absolute atomic E-state index is 0.0535. The summed E-state index contributed by atoms with van der Waals surface area (Å²) in [5.41, 5.74) is 4.22. The largest absolute Gasteiger partial charge is 0.272 e. The molecular weight excluding hydrogens is 384 g/mol. The van der Waals surface area contributed by atoms with Gasteiger partial charge in [0.15, 0.2) is 5.16 Å². The van der Waals surface area contributed by atoms with Crippen molar-refractivity contribution in [1.82, 2.24) is 9.55 Å². The van der Waals surface area contributed by atoms with Crippen molar-refractivity contribution in [1.29, 1.82) is 0 Å². The van der Waals surface area contributed by atoms with Gasteiger partial charge in [0.1, 0.15) is 0 Å². The zero-order chi connectivity index (χ0) is 19.5. The Bertz CT molecular complexity index is 1060. The smallest absolute Gasteiger partial charge is 0.268 e. The molecule has 0 N–H and O–H groups in total. The van der Waals surface area contributed by atoms with E-state index in [1.165, 1.54) is 11.1 Å². The molecule has 5 heteroatoms. The molecule has 1 aliphatic rings. The van der Waals surface area contributed by atoms with Crippen LogP contribution in [0.15, 0.2) is 75.5 Å². The molecule has 0 amide bonds. The molecule has 1 unspecified atom stereocenters. The van der Waals surface area contributed by atoms with E-state index in [2.05, 4.69) is 38.1 Å². The average molecular weight is 407 g/mol. The second-order valence-corrected chi connectivity index (χ2v) is 9.34. The molecule has 0 saturated carbocycles. The van der Waals surface area contributed by atoms with Crippen LogP contribution in [0.5, 0.6) is 0 Å². The Balaban J connectivity index is 1.66. The van der Waals surface area contributed by atoms with Crippen LogP contribution in [0.2, 0.25) is 0 Å². The first-order chi connectivity index (χ1) is 13.6.